The van der Waals surface area contributed by atoms with Gasteiger partial charge in [0.1, 0.15) is 5.69 Å². The molecule has 5 heteroatoms. The van der Waals surface area contributed by atoms with Crippen molar-refractivity contribution in [3.05, 3.63) is 18.0 Å². The van der Waals surface area contributed by atoms with Gasteiger partial charge < -0.3 is 4.90 Å². The third-order valence-corrected chi connectivity index (χ3v) is 5.56. The van der Waals surface area contributed by atoms with Crippen LogP contribution in [0.15, 0.2) is 12.3 Å². The van der Waals surface area contributed by atoms with Gasteiger partial charge in [-0.15, -0.1) is 0 Å². The van der Waals surface area contributed by atoms with Crippen LogP contribution in [-0.4, -0.2) is 58.1 Å². The molecular formula is C16H24N4O. The van der Waals surface area contributed by atoms with Gasteiger partial charge in [0.05, 0.1) is 0 Å². The highest BCUT2D eigenvalue weighted by Gasteiger charge is 2.38. The van der Waals surface area contributed by atoms with E-state index in [9.17, 15) is 4.79 Å². The minimum Gasteiger partial charge on any atom is -0.335 e. The number of carbonyl (C=O) groups is 1. The highest BCUT2D eigenvalue weighted by molar-refractivity contribution is 5.92. The Labute approximate surface area is 125 Å². The zero-order valence-corrected chi connectivity index (χ0v) is 12.5. The van der Waals surface area contributed by atoms with E-state index in [1.165, 1.54) is 45.2 Å². The van der Waals surface area contributed by atoms with Gasteiger partial charge in [-0.2, -0.15) is 5.10 Å². The van der Waals surface area contributed by atoms with E-state index in [0.29, 0.717) is 17.7 Å². The first-order chi connectivity index (χ1) is 10.3. The van der Waals surface area contributed by atoms with Crippen LogP contribution in [0.4, 0.5) is 0 Å². The fourth-order valence-electron chi connectivity index (χ4n) is 4.12. The van der Waals surface area contributed by atoms with Gasteiger partial charge in [0.25, 0.3) is 5.91 Å². The Morgan fingerprint density at radius 1 is 1.24 bits per heavy atom. The smallest absolute Gasteiger partial charge is 0.271 e. The summed E-state index contributed by atoms with van der Waals surface area (Å²) in [6.07, 6.45) is 8.41. The van der Waals surface area contributed by atoms with Gasteiger partial charge in [-0.25, -0.2) is 0 Å². The van der Waals surface area contributed by atoms with E-state index in [0.717, 1.165) is 19.0 Å². The Morgan fingerprint density at radius 3 is 2.86 bits per heavy atom. The fourth-order valence-corrected chi connectivity index (χ4v) is 4.12. The summed E-state index contributed by atoms with van der Waals surface area (Å²) in [5, 5.41) is 6.72. The third-order valence-electron chi connectivity index (χ3n) is 5.56. The number of nitrogens with one attached hydrogen (secondary N) is 1. The molecule has 1 N–H and O–H groups in total. The van der Waals surface area contributed by atoms with E-state index in [1.54, 1.807) is 12.3 Å². The molecule has 1 aromatic rings. The molecular weight excluding hydrogens is 264 g/mol. The molecule has 4 heterocycles. The summed E-state index contributed by atoms with van der Waals surface area (Å²) in [4.78, 5) is 17.3. The Kier molecular flexibility index (Phi) is 3.45. The zero-order chi connectivity index (χ0) is 14.2. The van der Waals surface area contributed by atoms with Gasteiger partial charge in [-0.1, -0.05) is 6.42 Å². The van der Waals surface area contributed by atoms with Crippen LogP contribution in [0.25, 0.3) is 0 Å². The van der Waals surface area contributed by atoms with Gasteiger partial charge in [-0.05, 0) is 43.6 Å². The second-order valence-corrected chi connectivity index (χ2v) is 7.03. The van der Waals surface area contributed by atoms with Crippen molar-refractivity contribution in [1.82, 2.24) is 20.0 Å². The first-order valence-electron chi connectivity index (χ1n) is 8.32. The molecule has 1 aliphatic carbocycles. The molecule has 1 aromatic heterocycles. The number of aromatic nitrogens is 2. The first kappa shape index (κ1) is 13.3. The van der Waals surface area contributed by atoms with Crippen molar-refractivity contribution in [2.45, 2.75) is 38.1 Å². The molecule has 2 atom stereocenters. The molecule has 0 spiro atoms. The average Bonchev–Trinajstić information content (AvgIpc) is 2.83. The second kappa shape index (κ2) is 5.44. The summed E-state index contributed by atoms with van der Waals surface area (Å²) in [5.41, 5.74) is 0.627. The SMILES string of the molecule is O=C(c1ccn[nH]1)N1C[C@@H]2CC[C@H](C1)N(CC1CCC1)C2. The molecule has 1 saturated carbocycles. The third kappa shape index (κ3) is 2.59. The van der Waals surface area contributed by atoms with Crippen molar-refractivity contribution in [1.29, 1.82) is 0 Å². The summed E-state index contributed by atoms with van der Waals surface area (Å²) in [7, 11) is 0. The minimum atomic E-state index is 0.120. The molecule has 1 amide bonds. The fraction of sp³-hybridized carbons (Fsp3) is 0.750. The van der Waals surface area contributed by atoms with Crippen LogP contribution in [0.3, 0.4) is 0 Å². The quantitative estimate of drug-likeness (QED) is 0.922. The van der Waals surface area contributed by atoms with Crippen molar-refractivity contribution < 1.29 is 4.79 Å². The molecule has 5 nitrogen and oxygen atoms in total. The topological polar surface area (TPSA) is 52.2 Å². The molecule has 4 aliphatic rings. The Balaban J connectivity index is 1.46. The van der Waals surface area contributed by atoms with Crippen LogP contribution >= 0.6 is 0 Å². The summed E-state index contributed by atoms with van der Waals surface area (Å²) in [6, 6.07) is 2.34. The van der Waals surface area contributed by atoms with Gasteiger partial charge in [-0.3, -0.25) is 14.8 Å². The minimum absolute atomic E-state index is 0.120. The van der Waals surface area contributed by atoms with Crippen molar-refractivity contribution in [3.63, 3.8) is 0 Å². The first-order valence-corrected chi connectivity index (χ1v) is 8.32. The highest BCUT2D eigenvalue weighted by atomic mass is 16.2. The molecule has 114 valence electrons. The number of hydrogen-bond acceptors (Lipinski definition) is 3. The highest BCUT2D eigenvalue weighted by Crippen LogP contribution is 2.33. The second-order valence-electron chi connectivity index (χ2n) is 7.03. The van der Waals surface area contributed by atoms with E-state index in [1.807, 2.05) is 0 Å². The van der Waals surface area contributed by atoms with Gasteiger partial charge in [0.2, 0.25) is 0 Å². The van der Waals surface area contributed by atoms with Crippen LogP contribution in [0.1, 0.15) is 42.6 Å². The van der Waals surface area contributed by atoms with Crippen molar-refractivity contribution in [2.24, 2.45) is 11.8 Å². The van der Waals surface area contributed by atoms with Crippen molar-refractivity contribution in [3.8, 4) is 0 Å². The van der Waals surface area contributed by atoms with E-state index in [4.69, 9.17) is 0 Å². The maximum Gasteiger partial charge on any atom is 0.271 e. The molecule has 0 radical (unpaired) electrons. The number of hydrogen-bond donors (Lipinski definition) is 1. The Hall–Kier alpha value is -1.36. The van der Waals surface area contributed by atoms with Gasteiger partial charge in [0.15, 0.2) is 0 Å². The van der Waals surface area contributed by atoms with Gasteiger partial charge >= 0.3 is 0 Å². The standard InChI is InChI=1S/C16H24N4O/c21-16(15-6-7-17-18-15)20-10-13-4-5-14(11-20)19(9-13)8-12-2-1-3-12/h6-7,12-14H,1-5,8-11H2,(H,17,18)/t13-,14-/m1/s1. The van der Waals surface area contributed by atoms with Crippen LogP contribution in [-0.2, 0) is 0 Å². The lowest BCUT2D eigenvalue weighted by Crippen LogP contribution is -2.47. The lowest BCUT2D eigenvalue weighted by Gasteiger charge is -2.40. The number of H-pyrrole nitrogens is 1. The number of rotatable bonds is 3. The number of fused-ring (bicyclic) bond motifs is 4. The van der Waals surface area contributed by atoms with Gasteiger partial charge in [0, 0.05) is 38.4 Å². The lowest BCUT2D eigenvalue weighted by atomic mass is 9.83. The zero-order valence-electron chi connectivity index (χ0n) is 12.5. The largest absolute Gasteiger partial charge is 0.335 e. The monoisotopic (exact) mass is 288 g/mol. The van der Waals surface area contributed by atoms with Crippen molar-refractivity contribution in [2.75, 3.05) is 26.2 Å². The predicted octanol–water partition coefficient (Wildman–Crippen LogP) is 1.75. The molecule has 4 fully saturated rings. The molecule has 0 aromatic carbocycles. The molecule has 5 rings (SSSR count). The lowest BCUT2D eigenvalue weighted by molar-refractivity contribution is 0.0712. The normalized spacial score (nSPS) is 30.2. The summed E-state index contributed by atoms with van der Waals surface area (Å²) >= 11 is 0. The average molecular weight is 288 g/mol. The molecule has 21 heavy (non-hydrogen) atoms. The van der Waals surface area contributed by atoms with E-state index < -0.39 is 0 Å². The van der Waals surface area contributed by atoms with Crippen molar-refractivity contribution >= 4 is 5.91 Å². The molecule has 2 bridgehead atoms. The van der Waals surface area contributed by atoms with Crippen LogP contribution in [0.2, 0.25) is 0 Å². The number of nitrogens with zero attached hydrogens (tertiary/aromatic N) is 3. The summed E-state index contributed by atoms with van der Waals surface area (Å²) in [5.74, 6) is 1.69. The summed E-state index contributed by atoms with van der Waals surface area (Å²) in [6.45, 7) is 4.25. The van der Waals surface area contributed by atoms with Crippen LogP contribution in [0.5, 0.6) is 0 Å². The van der Waals surface area contributed by atoms with E-state index >= 15 is 0 Å². The van der Waals surface area contributed by atoms with Crippen LogP contribution in [0, 0.1) is 11.8 Å². The molecule has 0 unspecified atom stereocenters. The predicted molar refractivity (Wildman–Crippen MR) is 79.9 cm³/mol. The number of amides is 1. The molecule has 3 saturated heterocycles. The maximum atomic E-state index is 12.6. The van der Waals surface area contributed by atoms with Crippen LogP contribution < -0.4 is 0 Å². The Morgan fingerprint density at radius 2 is 2.14 bits per heavy atom. The number of piperidine rings is 1. The number of aromatic amines is 1. The maximum absolute atomic E-state index is 12.6. The Bertz CT molecular complexity index is 496. The number of carbonyl (C=O) groups excluding carboxylic acids is 1. The summed E-state index contributed by atoms with van der Waals surface area (Å²) < 4.78 is 0. The van der Waals surface area contributed by atoms with E-state index in [-0.39, 0.29) is 5.91 Å². The molecule has 3 aliphatic heterocycles. The van der Waals surface area contributed by atoms with E-state index in [2.05, 4.69) is 20.0 Å².